The summed E-state index contributed by atoms with van der Waals surface area (Å²) in [4.78, 5) is 25.0. The van der Waals surface area contributed by atoms with Crippen molar-refractivity contribution < 1.29 is 14.7 Å². The van der Waals surface area contributed by atoms with Gasteiger partial charge in [-0.2, -0.15) is 0 Å². The Balaban J connectivity index is 1.69. The molecule has 1 heterocycles. The average Bonchev–Trinajstić information content (AvgIpc) is 2.89. The Labute approximate surface area is 161 Å². The number of carboxylic acid groups (broad SMARTS) is 1. The van der Waals surface area contributed by atoms with E-state index in [0.29, 0.717) is 9.23 Å². The van der Waals surface area contributed by atoms with Crippen molar-refractivity contribution in [2.75, 3.05) is 6.54 Å². The van der Waals surface area contributed by atoms with Crippen LogP contribution in [0.1, 0.15) is 23.1 Å². The lowest BCUT2D eigenvalue weighted by Crippen LogP contribution is -2.30. The molecule has 0 bridgehead atoms. The highest BCUT2D eigenvalue weighted by atomic mass is 32.2. The van der Waals surface area contributed by atoms with Gasteiger partial charge in [-0.15, -0.1) is 0 Å². The Morgan fingerprint density at radius 1 is 1.08 bits per heavy atom. The summed E-state index contributed by atoms with van der Waals surface area (Å²) in [7, 11) is 0. The Morgan fingerprint density at radius 3 is 2.38 bits per heavy atom. The van der Waals surface area contributed by atoms with Crippen molar-refractivity contribution in [2.45, 2.75) is 12.8 Å². The second-order valence-electron chi connectivity index (χ2n) is 5.88. The first-order valence-electron chi connectivity index (χ1n) is 8.13. The Morgan fingerprint density at radius 2 is 1.73 bits per heavy atom. The first-order valence-corrected chi connectivity index (χ1v) is 9.35. The predicted octanol–water partition coefficient (Wildman–Crippen LogP) is 3.95. The third kappa shape index (κ3) is 4.59. The van der Waals surface area contributed by atoms with Gasteiger partial charge < -0.3 is 5.11 Å². The smallest absolute Gasteiger partial charge is 0.305 e. The van der Waals surface area contributed by atoms with Gasteiger partial charge in [-0.05, 0) is 29.2 Å². The van der Waals surface area contributed by atoms with E-state index in [1.54, 1.807) is 6.08 Å². The lowest BCUT2D eigenvalue weighted by Gasteiger charge is -2.12. The topological polar surface area (TPSA) is 57.6 Å². The summed E-state index contributed by atoms with van der Waals surface area (Å²) in [6, 6.07) is 18.3. The van der Waals surface area contributed by atoms with Gasteiger partial charge in [-0.25, -0.2) is 0 Å². The molecule has 0 aliphatic carbocycles. The SMILES string of the molecule is O=C(O)CCN1C(=O)/C(=C/c2ccc(Cc3ccccc3)cc2)SC1=S. The summed E-state index contributed by atoms with van der Waals surface area (Å²) < 4.78 is 0.406. The molecule has 2 aromatic carbocycles. The normalized spacial score (nSPS) is 15.7. The van der Waals surface area contributed by atoms with E-state index < -0.39 is 5.97 Å². The van der Waals surface area contributed by atoms with Crippen LogP contribution < -0.4 is 0 Å². The number of carbonyl (C=O) groups excluding carboxylic acids is 1. The number of hydrogen-bond acceptors (Lipinski definition) is 4. The lowest BCUT2D eigenvalue weighted by molar-refractivity contribution is -0.137. The minimum atomic E-state index is -0.947. The van der Waals surface area contributed by atoms with Gasteiger partial charge in [0.25, 0.3) is 5.91 Å². The molecule has 0 unspecified atom stereocenters. The number of benzene rings is 2. The molecule has 1 fully saturated rings. The maximum absolute atomic E-state index is 12.4. The van der Waals surface area contributed by atoms with Gasteiger partial charge in [0.1, 0.15) is 4.32 Å². The third-order valence-corrected chi connectivity index (χ3v) is 5.33. The number of carbonyl (C=O) groups is 2. The number of rotatable bonds is 6. The van der Waals surface area contributed by atoms with Crippen LogP contribution in [0.25, 0.3) is 6.08 Å². The molecule has 1 aliphatic heterocycles. The van der Waals surface area contributed by atoms with E-state index in [1.807, 2.05) is 42.5 Å². The minimum absolute atomic E-state index is 0.105. The van der Waals surface area contributed by atoms with Gasteiger partial charge in [0, 0.05) is 6.54 Å². The number of thioether (sulfide) groups is 1. The van der Waals surface area contributed by atoms with Crippen LogP contribution in [-0.4, -0.2) is 32.7 Å². The number of thiocarbonyl (C=S) groups is 1. The van der Waals surface area contributed by atoms with Crippen molar-refractivity contribution >= 4 is 46.3 Å². The molecular weight excluding hydrogens is 366 g/mol. The first kappa shape index (κ1) is 18.4. The van der Waals surface area contributed by atoms with E-state index in [-0.39, 0.29) is 18.9 Å². The molecule has 132 valence electrons. The van der Waals surface area contributed by atoms with Crippen LogP contribution >= 0.6 is 24.0 Å². The van der Waals surface area contributed by atoms with Crippen molar-refractivity contribution in [1.29, 1.82) is 0 Å². The zero-order valence-corrected chi connectivity index (χ0v) is 15.6. The summed E-state index contributed by atoms with van der Waals surface area (Å²) in [5.74, 6) is -1.17. The molecule has 1 N–H and O–H groups in total. The summed E-state index contributed by atoms with van der Waals surface area (Å²) in [6.07, 6.45) is 2.54. The van der Waals surface area contributed by atoms with E-state index in [2.05, 4.69) is 12.1 Å². The fraction of sp³-hybridized carbons (Fsp3) is 0.150. The molecule has 0 saturated carbocycles. The fourth-order valence-electron chi connectivity index (χ4n) is 2.61. The zero-order valence-electron chi connectivity index (χ0n) is 13.9. The maximum atomic E-state index is 12.4. The van der Waals surface area contributed by atoms with Crippen molar-refractivity contribution in [3.05, 3.63) is 76.2 Å². The second kappa shape index (κ2) is 8.29. The highest BCUT2D eigenvalue weighted by Gasteiger charge is 2.31. The molecule has 1 amide bonds. The van der Waals surface area contributed by atoms with Crippen molar-refractivity contribution in [3.63, 3.8) is 0 Å². The molecule has 1 saturated heterocycles. The van der Waals surface area contributed by atoms with Gasteiger partial charge in [-0.1, -0.05) is 78.6 Å². The fourth-order valence-corrected chi connectivity index (χ4v) is 3.92. The molecule has 4 nitrogen and oxygen atoms in total. The molecular formula is C20H17NO3S2. The van der Waals surface area contributed by atoms with E-state index in [1.165, 1.54) is 27.8 Å². The molecule has 6 heteroatoms. The Hall–Kier alpha value is -2.44. The molecule has 0 atom stereocenters. The monoisotopic (exact) mass is 383 g/mol. The standard InChI is InChI=1S/C20H17NO3S2/c22-18(23)10-11-21-19(24)17(26-20(21)25)13-16-8-6-15(7-9-16)12-14-4-2-1-3-5-14/h1-9,13H,10-12H2,(H,22,23)/b17-13-. The minimum Gasteiger partial charge on any atom is -0.481 e. The van der Waals surface area contributed by atoms with Crippen LogP contribution in [0.15, 0.2) is 59.5 Å². The van der Waals surface area contributed by atoms with Crippen LogP contribution in [0.5, 0.6) is 0 Å². The van der Waals surface area contributed by atoms with Crippen molar-refractivity contribution in [1.82, 2.24) is 4.90 Å². The second-order valence-corrected chi connectivity index (χ2v) is 7.56. The molecule has 1 aliphatic rings. The van der Waals surface area contributed by atoms with E-state index in [4.69, 9.17) is 17.3 Å². The number of aliphatic carboxylic acids is 1. The number of carboxylic acids is 1. The number of amides is 1. The predicted molar refractivity (Wildman–Crippen MR) is 108 cm³/mol. The van der Waals surface area contributed by atoms with Gasteiger partial charge in [0.05, 0.1) is 11.3 Å². The van der Waals surface area contributed by atoms with E-state index in [9.17, 15) is 9.59 Å². The summed E-state index contributed by atoms with van der Waals surface area (Å²) >= 11 is 6.40. The quantitative estimate of drug-likeness (QED) is 0.605. The summed E-state index contributed by atoms with van der Waals surface area (Å²) in [5.41, 5.74) is 3.36. The van der Waals surface area contributed by atoms with Crippen LogP contribution in [0.3, 0.4) is 0 Å². The van der Waals surface area contributed by atoms with Gasteiger partial charge in [0.2, 0.25) is 0 Å². The van der Waals surface area contributed by atoms with Gasteiger partial charge in [-0.3, -0.25) is 14.5 Å². The van der Waals surface area contributed by atoms with E-state index >= 15 is 0 Å². The van der Waals surface area contributed by atoms with Gasteiger partial charge in [0.15, 0.2) is 0 Å². The highest BCUT2D eigenvalue weighted by molar-refractivity contribution is 8.26. The molecule has 0 spiro atoms. The third-order valence-electron chi connectivity index (χ3n) is 3.95. The van der Waals surface area contributed by atoms with Crippen molar-refractivity contribution in [3.8, 4) is 0 Å². The van der Waals surface area contributed by atoms with Gasteiger partial charge >= 0.3 is 5.97 Å². The summed E-state index contributed by atoms with van der Waals surface area (Å²) in [6.45, 7) is 0.105. The molecule has 0 radical (unpaired) electrons. The number of nitrogens with zero attached hydrogens (tertiary/aromatic N) is 1. The molecule has 26 heavy (non-hydrogen) atoms. The van der Waals surface area contributed by atoms with Crippen LogP contribution in [-0.2, 0) is 16.0 Å². The van der Waals surface area contributed by atoms with E-state index in [0.717, 1.165) is 12.0 Å². The zero-order chi connectivity index (χ0) is 18.5. The molecule has 3 rings (SSSR count). The van der Waals surface area contributed by atoms with Crippen LogP contribution in [0.2, 0.25) is 0 Å². The highest BCUT2D eigenvalue weighted by Crippen LogP contribution is 2.32. The number of hydrogen-bond donors (Lipinski definition) is 1. The largest absolute Gasteiger partial charge is 0.481 e. The average molecular weight is 383 g/mol. The van der Waals surface area contributed by atoms with Crippen LogP contribution in [0.4, 0.5) is 0 Å². The Bertz CT molecular complexity index is 860. The summed E-state index contributed by atoms with van der Waals surface area (Å²) in [5, 5.41) is 8.78. The van der Waals surface area contributed by atoms with Crippen molar-refractivity contribution in [2.24, 2.45) is 0 Å². The Kier molecular flexibility index (Phi) is 5.85. The van der Waals surface area contributed by atoms with Crippen LogP contribution in [0, 0.1) is 0 Å². The lowest BCUT2D eigenvalue weighted by atomic mass is 10.0. The molecule has 0 aromatic heterocycles. The molecule has 2 aromatic rings. The first-order chi connectivity index (χ1) is 12.5. The maximum Gasteiger partial charge on any atom is 0.305 e.